The van der Waals surface area contributed by atoms with Crippen LogP contribution in [0.4, 0.5) is 0 Å². The third-order valence-electron chi connectivity index (χ3n) is 3.05. The summed E-state index contributed by atoms with van der Waals surface area (Å²) < 4.78 is 0. The first-order chi connectivity index (χ1) is 7.75. The molecule has 3 N–H and O–H groups in total. The van der Waals surface area contributed by atoms with E-state index in [2.05, 4.69) is 15.3 Å². The van der Waals surface area contributed by atoms with Crippen LogP contribution in [0.25, 0.3) is 0 Å². The van der Waals surface area contributed by atoms with Crippen molar-refractivity contribution in [2.75, 3.05) is 0 Å². The van der Waals surface area contributed by atoms with Crippen LogP contribution < -0.4 is 11.1 Å². The van der Waals surface area contributed by atoms with Gasteiger partial charge in [-0.3, -0.25) is 0 Å². The van der Waals surface area contributed by atoms with Gasteiger partial charge in [-0.2, -0.15) is 0 Å². The highest BCUT2D eigenvalue weighted by atomic mass is 35.5. The van der Waals surface area contributed by atoms with Crippen molar-refractivity contribution >= 4 is 24.0 Å². The standard InChI is InChI=1S/C11H17ClN4.ClH/c12-11-14-6-5-8(16-11)7-15-10-4-2-1-3-9(10)13;/h5-6,9-10,15H,1-4,7,13H2;1H. The summed E-state index contributed by atoms with van der Waals surface area (Å²) in [5.74, 6) is 0. The largest absolute Gasteiger partial charge is 0.326 e. The van der Waals surface area contributed by atoms with Crippen LogP contribution in [0.5, 0.6) is 0 Å². The van der Waals surface area contributed by atoms with E-state index in [4.69, 9.17) is 17.3 Å². The number of nitrogens with zero attached hydrogens (tertiary/aromatic N) is 2. The molecule has 17 heavy (non-hydrogen) atoms. The van der Waals surface area contributed by atoms with Crippen LogP contribution in [-0.2, 0) is 6.54 Å². The van der Waals surface area contributed by atoms with E-state index in [9.17, 15) is 0 Å². The number of hydrogen-bond acceptors (Lipinski definition) is 4. The Morgan fingerprint density at radius 3 is 2.88 bits per heavy atom. The van der Waals surface area contributed by atoms with Crippen LogP contribution in [0.1, 0.15) is 31.4 Å². The molecule has 2 atom stereocenters. The second kappa shape index (κ2) is 7.11. The van der Waals surface area contributed by atoms with Gasteiger partial charge in [0.1, 0.15) is 0 Å². The lowest BCUT2D eigenvalue weighted by Gasteiger charge is -2.29. The summed E-state index contributed by atoms with van der Waals surface area (Å²) in [6.45, 7) is 0.709. The highest BCUT2D eigenvalue weighted by molar-refractivity contribution is 6.28. The maximum absolute atomic E-state index is 6.05. The van der Waals surface area contributed by atoms with Gasteiger partial charge >= 0.3 is 0 Å². The SMILES string of the molecule is Cl.NC1CCCCC1NCc1ccnc(Cl)n1. The van der Waals surface area contributed by atoms with E-state index >= 15 is 0 Å². The van der Waals surface area contributed by atoms with Crippen LogP contribution in [0.15, 0.2) is 12.3 Å². The van der Waals surface area contributed by atoms with Gasteiger partial charge in [-0.05, 0) is 30.5 Å². The second-order valence-corrected chi connectivity index (χ2v) is 4.59. The molecule has 0 radical (unpaired) electrons. The van der Waals surface area contributed by atoms with Crippen molar-refractivity contribution < 1.29 is 0 Å². The van der Waals surface area contributed by atoms with Crippen LogP contribution in [0.2, 0.25) is 5.28 Å². The molecule has 0 spiro atoms. The zero-order chi connectivity index (χ0) is 11.4. The Morgan fingerprint density at radius 1 is 1.41 bits per heavy atom. The van der Waals surface area contributed by atoms with E-state index < -0.39 is 0 Å². The molecule has 1 aliphatic rings. The first-order valence-electron chi connectivity index (χ1n) is 5.72. The average molecular weight is 277 g/mol. The van der Waals surface area contributed by atoms with Crippen LogP contribution in [0.3, 0.4) is 0 Å². The molecule has 0 aliphatic heterocycles. The normalized spacial score (nSPS) is 24.1. The van der Waals surface area contributed by atoms with Crippen LogP contribution >= 0.6 is 24.0 Å². The number of hydrogen-bond donors (Lipinski definition) is 2. The minimum absolute atomic E-state index is 0. The molecule has 4 nitrogen and oxygen atoms in total. The Balaban J connectivity index is 0.00000144. The molecule has 1 fully saturated rings. The average Bonchev–Trinajstić information content (AvgIpc) is 2.28. The van der Waals surface area contributed by atoms with E-state index in [0.717, 1.165) is 18.5 Å². The zero-order valence-electron chi connectivity index (χ0n) is 9.60. The third-order valence-corrected chi connectivity index (χ3v) is 3.23. The van der Waals surface area contributed by atoms with Gasteiger partial charge in [-0.15, -0.1) is 12.4 Å². The number of rotatable bonds is 3. The minimum Gasteiger partial charge on any atom is -0.326 e. The first kappa shape index (κ1) is 14.6. The fraction of sp³-hybridized carbons (Fsp3) is 0.636. The Bertz CT molecular complexity index is 348. The van der Waals surface area contributed by atoms with Crippen molar-refractivity contribution in [1.82, 2.24) is 15.3 Å². The van der Waals surface area contributed by atoms with Gasteiger partial charge in [0.25, 0.3) is 0 Å². The summed E-state index contributed by atoms with van der Waals surface area (Å²) >= 11 is 5.72. The minimum atomic E-state index is 0. The number of nitrogens with two attached hydrogens (primary N) is 1. The predicted molar refractivity (Wildman–Crippen MR) is 71.4 cm³/mol. The van der Waals surface area contributed by atoms with Crippen molar-refractivity contribution in [2.24, 2.45) is 5.73 Å². The molecule has 1 aromatic heterocycles. The Morgan fingerprint density at radius 2 is 2.18 bits per heavy atom. The number of nitrogens with one attached hydrogen (secondary N) is 1. The smallest absolute Gasteiger partial charge is 0.222 e. The maximum Gasteiger partial charge on any atom is 0.222 e. The molecular weight excluding hydrogens is 259 g/mol. The first-order valence-corrected chi connectivity index (χ1v) is 6.10. The quantitative estimate of drug-likeness (QED) is 0.828. The molecule has 0 saturated heterocycles. The molecule has 2 unspecified atom stereocenters. The lowest BCUT2D eigenvalue weighted by atomic mass is 9.91. The predicted octanol–water partition coefficient (Wildman–Crippen LogP) is 1.91. The van der Waals surface area contributed by atoms with Gasteiger partial charge in [-0.1, -0.05) is 12.8 Å². The zero-order valence-corrected chi connectivity index (χ0v) is 11.2. The Hall–Kier alpha value is -0.420. The molecule has 96 valence electrons. The van der Waals surface area contributed by atoms with Crippen LogP contribution in [-0.4, -0.2) is 22.1 Å². The van der Waals surface area contributed by atoms with Crippen molar-refractivity contribution in [3.05, 3.63) is 23.2 Å². The second-order valence-electron chi connectivity index (χ2n) is 4.25. The topological polar surface area (TPSA) is 63.8 Å². The number of aromatic nitrogens is 2. The summed E-state index contributed by atoms with van der Waals surface area (Å²) in [5, 5.41) is 3.74. The van der Waals surface area contributed by atoms with Crippen molar-refractivity contribution in [3.8, 4) is 0 Å². The molecule has 0 aromatic carbocycles. The molecular formula is C11H18Cl2N4. The molecule has 1 aliphatic carbocycles. The Kier molecular flexibility index (Phi) is 6.12. The molecule has 2 rings (SSSR count). The van der Waals surface area contributed by atoms with Crippen molar-refractivity contribution in [1.29, 1.82) is 0 Å². The highest BCUT2D eigenvalue weighted by Crippen LogP contribution is 2.17. The molecule has 1 aromatic rings. The van der Waals surface area contributed by atoms with E-state index in [-0.39, 0.29) is 18.4 Å². The fourth-order valence-electron chi connectivity index (χ4n) is 2.12. The van der Waals surface area contributed by atoms with Gasteiger partial charge < -0.3 is 11.1 Å². The highest BCUT2D eigenvalue weighted by Gasteiger charge is 2.20. The summed E-state index contributed by atoms with van der Waals surface area (Å²) in [6.07, 6.45) is 6.45. The molecule has 0 amide bonds. The van der Waals surface area contributed by atoms with Crippen LogP contribution in [0, 0.1) is 0 Å². The summed E-state index contributed by atoms with van der Waals surface area (Å²) in [5.41, 5.74) is 6.97. The summed E-state index contributed by atoms with van der Waals surface area (Å²) in [4.78, 5) is 7.99. The third kappa shape index (κ3) is 4.39. The van der Waals surface area contributed by atoms with Gasteiger partial charge in [0.15, 0.2) is 0 Å². The molecule has 6 heteroatoms. The lowest BCUT2D eigenvalue weighted by Crippen LogP contribution is -2.46. The fourth-order valence-corrected chi connectivity index (χ4v) is 2.28. The lowest BCUT2D eigenvalue weighted by molar-refractivity contribution is 0.325. The van der Waals surface area contributed by atoms with Gasteiger partial charge in [0.2, 0.25) is 5.28 Å². The van der Waals surface area contributed by atoms with Gasteiger partial charge in [0.05, 0.1) is 5.69 Å². The van der Waals surface area contributed by atoms with E-state index in [1.165, 1.54) is 12.8 Å². The van der Waals surface area contributed by atoms with E-state index in [1.807, 2.05) is 6.07 Å². The number of halogens is 2. The van der Waals surface area contributed by atoms with E-state index in [0.29, 0.717) is 17.9 Å². The monoisotopic (exact) mass is 276 g/mol. The summed E-state index contributed by atoms with van der Waals surface area (Å²) in [6, 6.07) is 2.54. The summed E-state index contributed by atoms with van der Waals surface area (Å²) in [7, 11) is 0. The molecule has 1 heterocycles. The van der Waals surface area contributed by atoms with E-state index in [1.54, 1.807) is 6.20 Å². The van der Waals surface area contributed by atoms with Crippen molar-refractivity contribution in [3.63, 3.8) is 0 Å². The maximum atomic E-state index is 6.05. The molecule has 1 saturated carbocycles. The van der Waals surface area contributed by atoms with Crippen molar-refractivity contribution in [2.45, 2.75) is 44.3 Å². The molecule has 0 bridgehead atoms. The van der Waals surface area contributed by atoms with Gasteiger partial charge in [-0.25, -0.2) is 9.97 Å². The van der Waals surface area contributed by atoms with Gasteiger partial charge in [0, 0.05) is 24.8 Å². The Labute approximate surface area is 113 Å².